The molecule has 1 aliphatic carbocycles. The Kier molecular flexibility index (Phi) is 2.57. The summed E-state index contributed by atoms with van der Waals surface area (Å²) < 4.78 is 7.18. The minimum atomic E-state index is -0.922. The van der Waals surface area contributed by atoms with Gasteiger partial charge in [0.15, 0.2) is 5.82 Å². The predicted octanol–water partition coefficient (Wildman–Crippen LogP) is 2.65. The Labute approximate surface area is 120 Å². The average molecular weight is 283 g/mol. The van der Waals surface area contributed by atoms with Gasteiger partial charge in [0, 0.05) is 23.0 Å². The molecular weight excluding hydrogens is 270 g/mol. The van der Waals surface area contributed by atoms with Gasteiger partial charge in [-0.2, -0.15) is 4.98 Å². The highest BCUT2D eigenvalue weighted by Gasteiger charge is 2.29. The van der Waals surface area contributed by atoms with Crippen LogP contribution in [-0.4, -0.2) is 25.8 Å². The van der Waals surface area contributed by atoms with Crippen LogP contribution in [0.1, 0.15) is 40.8 Å². The van der Waals surface area contributed by atoms with Crippen molar-refractivity contribution in [2.45, 2.75) is 25.3 Å². The molecule has 0 bridgehead atoms. The highest BCUT2D eigenvalue weighted by molar-refractivity contribution is 6.02. The van der Waals surface area contributed by atoms with Crippen LogP contribution in [-0.2, 0) is 6.54 Å². The fraction of sp³-hybridized carbons (Fsp3) is 0.267. The second kappa shape index (κ2) is 4.44. The van der Waals surface area contributed by atoms with Crippen molar-refractivity contribution in [2.24, 2.45) is 0 Å². The number of nitrogens with zero attached hydrogens (tertiary/aromatic N) is 3. The third kappa shape index (κ3) is 2.08. The Hall–Kier alpha value is -2.63. The first-order valence-corrected chi connectivity index (χ1v) is 6.86. The number of fused-ring (bicyclic) bond motifs is 1. The zero-order chi connectivity index (χ0) is 14.4. The van der Waals surface area contributed by atoms with Crippen molar-refractivity contribution in [3.63, 3.8) is 0 Å². The number of aromatic nitrogens is 3. The van der Waals surface area contributed by atoms with E-state index in [1.807, 2.05) is 16.8 Å². The molecule has 3 aromatic rings. The van der Waals surface area contributed by atoms with Crippen molar-refractivity contribution in [2.75, 3.05) is 0 Å². The molecule has 1 aliphatic rings. The standard InChI is InChI=1S/C15H13N3O3/c19-15(20)11-2-1-3-12-10(11)6-7-18(12)8-13-16-14(21-17-13)9-4-5-9/h1-3,6-7,9H,4-5,8H2,(H,19,20). The SMILES string of the molecule is O=C(O)c1cccc2c1ccn2Cc1noc(C2CC2)n1. The van der Waals surface area contributed by atoms with Crippen LogP contribution in [0, 0.1) is 0 Å². The first-order valence-electron chi connectivity index (χ1n) is 6.86. The number of benzene rings is 1. The third-order valence-corrected chi connectivity index (χ3v) is 3.77. The number of rotatable bonds is 4. The lowest BCUT2D eigenvalue weighted by molar-refractivity contribution is 0.0699. The van der Waals surface area contributed by atoms with Crippen molar-refractivity contribution < 1.29 is 14.4 Å². The fourth-order valence-electron chi connectivity index (χ4n) is 2.53. The van der Waals surface area contributed by atoms with E-state index in [1.165, 1.54) is 0 Å². The van der Waals surface area contributed by atoms with Crippen LogP contribution < -0.4 is 0 Å². The van der Waals surface area contributed by atoms with E-state index in [-0.39, 0.29) is 0 Å². The molecule has 0 radical (unpaired) electrons. The van der Waals surface area contributed by atoms with E-state index in [4.69, 9.17) is 4.52 Å². The lowest BCUT2D eigenvalue weighted by Gasteiger charge is -2.02. The Morgan fingerprint density at radius 2 is 2.24 bits per heavy atom. The van der Waals surface area contributed by atoms with Crippen LogP contribution in [0.15, 0.2) is 35.0 Å². The number of carbonyl (C=O) groups is 1. The van der Waals surface area contributed by atoms with Gasteiger partial charge in [-0.25, -0.2) is 4.79 Å². The molecular formula is C15H13N3O3. The first kappa shape index (κ1) is 12.1. The van der Waals surface area contributed by atoms with Gasteiger partial charge in [0.25, 0.3) is 0 Å². The Bertz CT molecular complexity index is 830. The maximum atomic E-state index is 11.2. The minimum Gasteiger partial charge on any atom is -0.478 e. The lowest BCUT2D eigenvalue weighted by Crippen LogP contribution is -2.01. The molecule has 0 amide bonds. The summed E-state index contributed by atoms with van der Waals surface area (Å²) in [5, 5.41) is 13.9. The fourth-order valence-corrected chi connectivity index (χ4v) is 2.53. The molecule has 1 N–H and O–H groups in total. The molecule has 1 saturated carbocycles. The summed E-state index contributed by atoms with van der Waals surface area (Å²) in [5.74, 6) is 0.850. The average Bonchev–Trinajstić information content (AvgIpc) is 3.09. The van der Waals surface area contributed by atoms with Crippen molar-refractivity contribution in [1.82, 2.24) is 14.7 Å². The number of hydrogen-bond donors (Lipinski definition) is 1. The van der Waals surface area contributed by atoms with E-state index < -0.39 is 5.97 Å². The number of aromatic carboxylic acids is 1. The second-order valence-electron chi connectivity index (χ2n) is 5.31. The monoisotopic (exact) mass is 283 g/mol. The molecule has 106 valence electrons. The number of carboxylic acid groups (broad SMARTS) is 1. The Morgan fingerprint density at radius 3 is 3.00 bits per heavy atom. The van der Waals surface area contributed by atoms with E-state index in [2.05, 4.69) is 10.1 Å². The predicted molar refractivity (Wildman–Crippen MR) is 74.3 cm³/mol. The smallest absolute Gasteiger partial charge is 0.336 e. The maximum Gasteiger partial charge on any atom is 0.336 e. The molecule has 6 nitrogen and oxygen atoms in total. The molecule has 4 rings (SSSR count). The van der Waals surface area contributed by atoms with Crippen LogP contribution >= 0.6 is 0 Å². The minimum absolute atomic E-state index is 0.304. The summed E-state index contributed by atoms with van der Waals surface area (Å²) in [6.07, 6.45) is 4.09. The van der Waals surface area contributed by atoms with Gasteiger partial charge in [0.05, 0.1) is 12.1 Å². The molecule has 6 heteroatoms. The molecule has 0 unspecified atom stereocenters. The molecule has 2 aromatic heterocycles. The van der Waals surface area contributed by atoms with Crippen LogP contribution in [0.4, 0.5) is 0 Å². The van der Waals surface area contributed by atoms with E-state index in [9.17, 15) is 9.90 Å². The van der Waals surface area contributed by atoms with Crippen molar-refractivity contribution in [3.05, 3.63) is 47.7 Å². The normalized spacial score (nSPS) is 14.7. The van der Waals surface area contributed by atoms with Crippen LogP contribution in [0.5, 0.6) is 0 Å². The molecule has 1 fully saturated rings. The quantitative estimate of drug-likeness (QED) is 0.796. The van der Waals surface area contributed by atoms with Gasteiger partial charge in [-0.15, -0.1) is 0 Å². The summed E-state index contributed by atoms with van der Waals surface area (Å²) in [7, 11) is 0. The van der Waals surface area contributed by atoms with Gasteiger partial charge in [-0.05, 0) is 31.0 Å². The van der Waals surface area contributed by atoms with Gasteiger partial charge in [0.2, 0.25) is 5.89 Å². The Morgan fingerprint density at radius 1 is 1.38 bits per heavy atom. The first-order chi connectivity index (χ1) is 10.2. The molecule has 0 spiro atoms. The summed E-state index contributed by atoms with van der Waals surface area (Å²) in [4.78, 5) is 15.6. The zero-order valence-corrected chi connectivity index (χ0v) is 11.2. The summed E-state index contributed by atoms with van der Waals surface area (Å²) >= 11 is 0. The van der Waals surface area contributed by atoms with Gasteiger partial charge in [0.1, 0.15) is 0 Å². The zero-order valence-electron chi connectivity index (χ0n) is 11.2. The lowest BCUT2D eigenvalue weighted by atomic mass is 10.1. The molecule has 0 aliphatic heterocycles. The van der Waals surface area contributed by atoms with Gasteiger partial charge >= 0.3 is 5.97 Å². The molecule has 21 heavy (non-hydrogen) atoms. The van der Waals surface area contributed by atoms with Gasteiger partial charge < -0.3 is 14.2 Å². The number of hydrogen-bond acceptors (Lipinski definition) is 4. The van der Waals surface area contributed by atoms with Crippen LogP contribution in [0.2, 0.25) is 0 Å². The summed E-state index contributed by atoms with van der Waals surface area (Å²) in [6.45, 7) is 0.475. The molecule has 0 atom stereocenters. The van der Waals surface area contributed by atoms with E-state index in [0.717, 1.165) is 23.7 Å². The van der Waals surface area contributed by atoms with E-state index in [1.54, 1.807) is 18.2 Å². The van der Waals surface area contributed by atoms with Gasteiger partial charge in [-0.3, -0.25) is 0 Å². The maximum absolute atomic E-state index is 11.2. The van der Waals surface area contributed by atoms with E-state index in [0.29, 0.717) is 29.7 Å². The van der Waals surface area contributed by atoms with Crippen molar-refractivity contribution >= 4 is 16.9 Å². The highest BCUT2D eigenvalue weighted by Crippen LogP contribution is 2.38. The topological polar surface area (TPSA) is 81.1 Å². The summed E-state index contributed by atoms with van der Waals surface area (Å²) in [5.41, 5.74) is 1.16. The van der Waals surface area contributed by atoms with Crippen molar-refractivity contribution in [1.29, 1.82) is 0 Å². The van der Waals surface area contributed by atoms with Gasteiger partial charge in [-0.1, -0.05) is 11.2 Å². The Balaban J connectivity index is 1.69. The van der Waals surface area contributed by atoms with Crippen LogP contribution in [0.3, 0.4) is 0 Å². The van der Waals surface area contributed by atoms with Crippen LogP contribution in [0.25, 0.3) is 10.9 Å². The number of carboxylic acids is 1. The molecule has 0 saturated heterocycles. The van der Waals surface area contributed by atoms with E-state index >= 15 is 0 Å². The summed E-state index contributed by atoms with van der Waals surface area (Å²) in [6, 6.07) is 7.05. The highest BCUT2D eigenvalue weighted by atomic mass is 16.5. The third-order valence-electron chi connectivity index (χ3n) is 3.77. The van der Waals surface area contributed by atoms with Crippen molar-refractivity contribution in [3.8, 4) is 0 Å². The molecule has 1 aromatic carbocycles. The second-order valence-corrected chi connectivity index (χ2v) is 5.31. The largest absolute Gasteiger partial charge is 0.478 e. The molecule has 2 heterocycles.